The van der Waals surface area contributed by atoms with Crippen LogP contribution in [0.5, 0.6) is 5.75 Å². The van der Waals surface area contributed by atoms with Gasteiger partial charge in [0.2, 0.25) is 0 Å². The maximum absolute atomic E-state index is 12.5. The Hall–Kier alpha value is -2.90. The van der Waals surface area contributed by atoms with Gasteiger partial charge in [0.15, 0.2) is 0 Å². The summed E-state index contributed by atoms with van der Waals surface area (Å²) >= 11 is 1.57. The van der Waals surface area contributed by atoms with Crippen LogP contribution in [0.4, 0.5) is 0 Å². The minimum absolute atomic E-state index is 0.120. The van der Waals surface area contributed by atoms with Gasteiger partial charge in [-0.1, -0.05) is 6.08 Å². The number of carbonyl (C=O) groups excluding carboxylic acids is 1. The van der Waals surface area contributed by atoms with Gasteiger partial charge < -0.3 is 19.4 Å². The Balaban J connectivity index is 1.97. The van der Waals surface area contributed by atoms with Gasteiger partial charge in [-0.2, -0.15) is 0 Å². The molecule has 0 unspecified atom stereocenters. The Morgan fingerprint density at radius 2 is 2.07 bits per heavy atom. The van der Waals surface area contributed by atoms with Crippen molar-refractivity contribution in [2.45, 2.75) is 13.5 Å². The molecule has 7 heteroatoms. The van der Waals surface area contributed by atoms with Gasteiger partial charge in [0.05, 0.1) is 30.7 Å². The lowest BCUT2D eigenvalue weighted by Gasteiger charge is -2.10. The van der Waals surface area contributed by atoms with Crippen LogP contribution in [-0.2, 0) is 11.3 Å². The Morgan fingerprint density at radius 3 is 2.72 bits per heavy atom. The maximum atomic E-state index is 12.5. The Bertz CT molecular complexity index is 989. The molecule has 1 amide bonds. The second-order valence-corrected chi connectivity index (χ2v) is 7.30. The van der Waals surface area contributed by atoms with Crippen LogP contribution in [0, 0.1) is 6.92 Å². The third-order valence-corrected chi connectivity index (χ3v) is 5.53. The molecule has 29 heavy (non-hydrogen) atoms. The van der Waals surface area contributed by atoms with Gasteiger partial charge in [-0.05, 0) is 37.3 Å². The largest absolute Gasteiger partial charge is 0.497 e. The fourth-order valence-corrected chi connectivity index (χ4v) is 3.90. The molecule has 0 saturated heterocycles. The first-order chi connectivity index (χ1) is 14.1. The fourth-order valence-electron chi connectivity index (χ4n) is 3.08. The summed E-state index contributed by atoms with van der Waals surface area (Å²) in [6.07, 6.45) is 1.66. The molecule has 0 saturated carbocycles. The van der Waals surface area contributed by atoms with Crippen molar-refractivity contribution < 1.29 is 14.3 Å². The quantitative estimate of drug-likeness (QED) is 0.537. The lowest BCUT2D eigenvalue weighted by molar-refractivity contribution is 0.0957. The summed E-state index contributed by atoms with van der Waals surface area (Å²) in [5.41, 5.74) is 4.29. The number of rotatable bonds is 9. The molecule has 1 aromatic carbocycles. The Labute approximate surface area is 174 Å². The highest BCUT2D eigenvalue weighted by Gasteiger charge is 2.20. The molecule has 0 radical (unpaired) electrons. The van der Waals surface area contributed by atoms with E-state index in [9.17, 15) is 4.79 Å². The van der Waals surface area contributed by atoms with Crippen molar-refractivity contribution in [3.63, 3.8) is 0 Å². The Morgan fingerprint density at radius 1 is 1.31 bits per heavy atom. The second kappa shape index (κ2) is 9.54. The number of benzene rings is 1. The summed E-state index contributed by atoms with van der Waals surface area (Å²) in [4.78, 5) is 17.4. The summed E-state index contributed by atoms with van der Waals surface area (Å²) in [6, 6.07) is 9.72. The summed E-state index contributed by atoms with van der Waals surface area (Å²) in [6.45, 7) is 7.21. The number of nitrogens with zero attached hydrogens (tertiary/aromatic N) is 2. The number of aromatic nitrogens is 2. The van der Waals surface area contributed by atoms with Crippen LogP contribution in [0.2, 0.25) is 0 Å². The van der Waals surface area contributed by atoms with Crippen molar-refractivity contribution in [3.05, 3.63) is 59.6 Å². The van der Waals surface area contributed by atoms with E-state index in [1.807, 2.05) is 42.6 Å². The SMILES string of the molecule is C=CCNC(=O)c1cc(-c2csc(-c3ccc(OC)cc3)n2)n(CCOC)c1C. The molecule has 3 rings (SSSR count). The number of carbonyl (C=O) groups is 1. The minimum atomic E-state index is -0.120. The van der Waals surface area contributed by atoms with Crippen LogP contribution in [-0.4, -0.2) is 42.8 Å². The lowest BCUT2D eigenvalue weighted by atomic mass is 10.2. The predicted octanol–water partition coefficient (Wildman–Crippen LogP) is 4.16. The van der Waals surface area contributed by atoms with Gasteiger partial charge in [0.25, 0.3) is 5.91 Å². The lowest BCUT2D eigenvalue weighted by Crippen LogP contribution is -2.23. The third-order valence-electron chi connectivity index (χ3n) is 4.64. The second-order valence-electron chi connectivity index (χ2n) is 6.44. The molecule has 2 heterocycles. The van der Waals surface area contributed by atoms with E-state index in [1.54, 1.807) is 31.6 Å². The minimum Gasteiger partial charge on any atom is -0.497 e. The van der Waals surface area contributed by atoms with Gasteiger partial charge in [0, 0.05) is 36.8 Å². The maximum Gasteiger partial charge on any atom is 0.253 e. The fraction of sp³-hybridized carbons (Fsp3) is 0.273. The molecule has 0 aliphatic carbocycles. The van der Waals surface area contributed by atoms with Crippen molar-refractivity contribution in [3.8, 4) is 27.7 Å². The van der Waals surface area contributed by atoms with Crippen molar-refractivity contribution in [2.24, 2.45) is 0 Å². The molecule has 0 aliphatic rings. The first-order valence-corrected chi connectivity index (χ1v) is 10.2. The first kappa shape index (κ1) is 20.8. The predicted molar refractivity (Wildman–Crippen MR) is 117 cm³/mol. The molecule has 0 atom stereocenters. The van der Waals surface area contributed by atoms with Gasteiger partial charge in [0.1, 0.15) is 10.8 Å². The first-order valence-electron chi connectivity index (χ1n) is 9.27. The molecule has 0 aliphatic heterocycles. The zero-order valence-electron chi connectivity index (χ0n) is 16.9. The third kappa shape index (κ3) is 4.58. The number of nitrogens with one attached hydrogen (secondary N) is 1. The Kier molecular flexibility index (Phi) is 6.85. The molecule has 0 bridgehead atoms. The van der Waals surface area contributed by atoms with Crippen molar-refractivity contribution in [1.29, 1.82) is 0 Å². The number of methoxy groups -OCH3 is 2. The molecule has 1 N–H and O–H groups in total. The molecular weight excluding hydrogens is 386 g/mol. The molecule has 2 aromatic heterocycles. The molecule has 152 valence electrons. The van der Waals surface area contributed by atoms with Crippen molar-refractivity contribution in [1.82, 2.24) is 14.9 Å². The van der Waals surface area contributed by atoms with Crippen LogP contribution >= 0.6 is 11.3 Å². The number of hydrogen-bond donors (Lipinski definition) is 1. The summed E-state index contributed by atoms with van der Waals surface area (Å²) < 4.78 is 12.6. The normalized spacial score (nSPS) is 10.7. The van der Waals surface area contributed by atoms with E-state index >= 15 is 0 Å². The van der Waals surface area contributed by atoms with Crippen LogP contribution in [0.3, 0.4) is 0 Å². The number of hydrogen-bond acceptors (Lipinski definition) is 5. The molecule has 0 spiro atoms. The van der Waals surface area contributed by atoms with E-state index in [4.69, 9.17) is 14.5 Å². The number of amides is 1. The van der Waals surface area contributed by atoms with Crippen LogP contribution in [0.15, 0.2) is 48.4 Å². The average molecular weight is 412 g/mol. The topological polar surface area (TPSA) is 65.4 Å². The van der Waals surface area contributed by atoms with Gasteiger partial charge in [-0.15, -0.1) is 17.9 Å². The number of thiazole rings is 1. The smallest absolute Gasteiger partial charge is 0.253 e. The average Bonchev–Trinajstić information content (AvgIpc) is 3.35. The van der Waals surface area contributed by atoms with E-state index in [-0.39, 0.29) is 5.91 Å². The van der Waals surface area contributed by atoms with Crippen molar-refractivity contribution >= 4 is 17.2 Å². The zero-order valence-corrected chi connectivity index (χ0v) is 17.7. The highest BCUT2D eigenvalue weighted by atomic mass is 32.1. The van der Waals surface area contributed by atoms with E-state index in [0.717, 1.165) is 33.4 Å². The number of ether oxygens (including phenoxy) is 2. The zero-order chi connectivity index (χ0) is 20.8. The van der Waals surface area contributed by atoms with Crippen LogP contribution in [0.25, 0.3) is 22.0 Å². The van der Waals surface area contributed by atoms with E-state index in [1.165, 1.54) is 0 Å². The monoisotopic (exact) mass is 411 g/mol. The van der Waals surface area contributed by atoms with Gasteiger partial charge in [-0.3, -0.25) is 4.79 Å². The summed E-state index contributed by atoms with van der Waals surface area (Å²) in [5, 5.41) is 5.78. The van der Waals surface area contributed by atoms with E-state index in [2.05, 4.69) is 16.5 Å². The molecule has 0 fully saturated rings. The summed E-state index contributed by atoms with van der Waals surface area (Å²) in [5.74, 6) is 0.690. The highest BCUT2D eigenvalue weighted by Crippen LogP contribution is 2.32. The molecule has 3 aromatic rings. The standard InChI is InChI=1S/C22H25N3O3S/c1-5-10-23-21(26)18-13-20(25(15(18)2)11-12-27-3)19-14-29-22(24-19)16-6-8-17(28-4)9-7-16/h5-9,13-14H,1,10-12H2,2-4H3,(H,23,26). The van der Waals surface area contributed by atoms with Gasteiger partial charge >= 0.3 is 0 Å². The van der Waals surface area contributed by atoms with Crippen molar-refractivity contribution in [2.75, 3.05) is 27.4 Å². The van der Waals surface area contributed by atoms with Crippen LogP contribution in [0.1, 0.15) is 16.1 Å². The van der Waals surface area contributed by atoms with Gasteiger partial charge in [-0.25, -0.2) is 4.98 Å². The van der Waals surface area contributed by atoms with E-state index in [0.29, 0.717) is 25.3 Å². The van der Waals surface area contributed by atoms with Crippen LogP contribution < -0.4 is 10.1 Å². The van der Waals surface area contributed by atoms with E-state index < -0.39 is 0 Å². The molecular formula is C22H25N3O3S. The highest BCUT2D eigenvalue weighted by molar-refractivity contribution is 7.13. The summed E-state index contributed by atoms with van der Waals surface area (Å²) in [7, 11) is 3.32. The molecule has 6 nitrogen and oxygen atoms in total.